The molecule has 0 spiro atoms. The smallest absolute Gasteiger partial charge is 0.0700 e. The summed E-state index contributed by atoms with van der Waals surface area (Å²) >= 11 is 0. The van der Waals surface area contributed by atoms with Crippen molar-refractivity contribution in [2.45, 2.75) is 52.3 Å². The Balaban J connectivity index is 2.09. The first-order valence-electron chi connectivity index (χ1n) is 6.05. The lowest BCUT2D eigenvalue weighted by Gasteiger charge is -2.22. The van der Waals surface area contributed by atoms with Gasteiger partial charge < -0.3 is 14.8 Å². The maximum Gasteiger partial charge on any atom is 0.0700 e. The van der Waals surface area contributed by atoms with Gasteiger partial charge in [-0.25, -0.2) is 0 Å². The van der Waals surface area contributed by atoms with Crippen LogP contribution in [-0.2, 0) is 9.47 Å². The molecule has 1 heterocycles. The lowest BCUT2D eigenvalue weighted by molar-refractivity contribution is 0.0805. The molecular weight excluding hydrogens is 190 g/mol. The van der Waals surface area contributed by atoms with Gasteiger partial charge in [0.15, 0.2) is 0 Å². The number of hydrogen-bond acceptors (Lipinski definition) is 3. The average Bonchev–Trinajstić information content (AvgIpc) is 2.51. The van der Waals surface area contributed by atoms with E-state index >= 15 is 0 Å². The standard InChI is InChI=1S/C12H25NO2/c1-9(2)7-14-8-10(3)13-12-5-6-15-11(12)4/h9-13H,5-8H2,1-4H3. The van der Waals surface area contributed by atoms with Crippen molar-refractivity contribution in [3.8, 4) is 0 Å². The van der Waals surface area contributed by atoms with Gasteiger partial charge in [-0.15, -0.1) is 0 Å². The van der Waals surface area contributed by atoms with Crippen LogP contribution in [0, 0.1) is 5.92 Å². The van der Waals surface area contributed by atoms with Crippen LogP contribution in [-0.4, -0.2) is 38.0 Å². The van der Waals surface area contributed by atoms with Crippen molar-refractivity contribution in [2.24, 2.45) is 5.92 Å². The first-order valence-corrected chi connectivity index (χ1v) is 6.05. The normalized spacial score (nSPS) is 28.6. The third-order valence-corrected chi connectivity index (χ3v) is 2.69. The van der Waals surface area contributed by atoms with Gasteiger partial charge in [0, 0.05) is 25.3 Å². The Morgan fingerprint density at radius 3 is 2.60 bits per heavy atom. The number of nitrogens with one attached hydrogen (secondary N) is 1. The molecule has 1 rings (SSSR count). The minimum absolute atomic E-state index is 0.345. The molecule has 0 aromatic heterocycles. The molecule has 1 aliphatic rings. The summed E-state index contributed by atoms with van der Waals surface area (Å²) in [6.45, 7) is 11.2. The zero-order valence-electron chi connectivity index (χ0n) is 10.5. The van der Waals surface area contributed by atoms with E-state index in [-0.39, 0.29) is 0 Å². The van der Waals surface area contributed by atoms with Crippen LogP contribution in [0.2, 0.25) is 0 Å². The Hall–Kier alpha value is -0.120. The lowest BCUT2D eigenvalue weighted by Crippen LogP contribution is -2.42. The van der Waals surface area contributed by atoms with Crippen LogP contribution < -0.4 is 5.32 Å². The van der Waals surface area contributed by atoms with E-state index in [1.165, 1.54) is 0 Å². The second-order valence-electron chi connectivity index (χ2n) is 4.97. The van der Waals surface area contributed by atoms with Gasteiger partial charge in [-0.05, 0) is 26.2 Å². The van der Waals surface area contributed by atoms with Crippen LogP contribution in [0.4, 0.5) is 0 Å². The molecule has 0 bridgehead atoms. The quantitative estimate of drug-likeness (QED) is 0.733. The summed E-state index contributed by atoms with van der Waals surface area (Å²) in [5.41, 5.74) is 0. The molecule has 0 aromatic rings. The van der Waals surface area contributed by atoms with Gasteiger partial charge in [0.2, 0.25) is 0 Å². The first kappa shape index (κ1) is 12.9. The second kappa shape index (κ2) is 6.46. The highest BCUT2D eigenvalue weighted by Crippen LogP contribution is 2.13. The van der Waals surface area contributed by atoms with Crippen molar-refractivity contribution in [1.82, 2.24) is 5.32 Å². The Bertz CT molecular complexity index is 173. The van der Waals surface area contributed by atoms with Crippen molar-refractivity contribution < 1.29 is 9.47 Å². The molecule has 0 radical (unpaired) electrons. The second-order valence-corrected chi connectivity index (χ2v) is 4.97. The molecule has 1 N–H and O–H groups in total. The van der Waals surface area contributed by atoms with Crippen LogP contribution in [0.1, 0.15) is 34.1 Å². The molecule has 1 aliphatic heterocycles. The topological polar surface area (TPSA) is 30.5 Å². The summed E-state index contributed by atoms with van der Waals surface area (Å²) in [5, 5.41) is 3.55. The van der Waals surface area contributed by atoms with E-state index in [0.29, 0.717) is 24.1 Å². The molecule has 0 aliphatic carbocycles. The molecule has 0 aromatic carbocycles. The maximum absolute atomic E-state index is 5.60. The highest BCUT2D eigenvalue weighted by Gasteiger charge is 2.24. The van der Waals surface area contributed by atoms with Crippen LogP contribution >= 0.6 is 0 Å². The Morgan fingerprint density at radius 2 is 2.07 bits per heavy atom. The Morgan fingerprint density at radius 1 is 1.33 bits per heavy atom. The fourth-order valence-electron chi connectivity index (χ4n) is 1.84. The predicted molar refractivity (Wildman–Crippen MR) is 62.1 cm³/mol. The molecule has 3 nitrogen and oxygen atoms in total. The van der Waals surface area contributed by atoms with Gasteiger partial charge in [0.25, 0.3) is 0 Å². The van der Waals surface area contributed by atoms with E-state index in [2.05, 4.69) is 33.0 Å². The summed E-state index contributed by atoms with van der Waals surface area (Å²) in [4.78, 5) is 0. The van der Waals surface area contributed by atoms with Gasteiger partial charge >= 0.3 is 0 Å². The molecule has 3 heteroatoms. The highest BCUT2D eigenvalue weighted by atomic mass is 16.5. The molecule has 3 unspecified atom stereocenters. The first-order chi connectivity index (χ1) is 7.09. The predicted octanol–water partition coefficient (Wildman–Crippen LogP) is 1.81. The van der Waals surface area contributed by atoms with Crippen LogP contribution in [0.15, 0.2) is 0 Å². The third-order valence-electron chi connectivity index (χ3n) is 2.69. The van der Waals surface area contributed by atoms with Gasteiger partial charge in [-0.3, -0.25) is 0 Å². The van der Waals surface area contributed by atoms with Gasteiger partial charge in [0.05, 0.1) is 12.7 Å². The van der Waals surface area contributed by atoms with Crippen LogP contribution in [0.5, 0.6) is 0 Å². The zero-order chi connectivity index (χ0) is 11.3. The summed E-state index contributed by atoms with van der Waals surface area (Å²) in [5.74, 6) is 0.617. The van der Waals surface area contributed by atoms with Crippen molar-refractivity contribution in [1.29, 1.82) is 0 Å². The largest absolute Gasteiger partial charge is 0.380 e. The number of rotatable bonds is 6. The monoisotopic (exact) mass is 215 g/mol. The fraction of sp³-hybridized carbons (Fsp3) is 1.00. The maximum atomic E-state index is 5.60. The summed E-state index contributed by atoms with van der Waals surface area (Å²) < 4.78 is 11.1. The number of hydrogen-bond donors (Lipinski definition) is 1. The highest BCUT2D eigenvalue weighted by molar-refractivity contribution is 4.81. The third kappa shape index (κ3) is 4.96. The average molecular weight is 215 g/mol. The number of ether oxygens (including phenoxy) is 2. The van der Waals surface area contributed by atoms with Crippen LogP contribution in [0.25, 0.3) is 0 Å². The molecule has 0 amide bonds. The van der Waals surface area contributed by atoms with E-state index in [0.717, 1.165) is 26.2 Å². The molecule has 0 saturated carbocycles. The minimum atomic E-state index is 0.345. The summed E-state index contributed by atoms with van der Waals surface area (Å²) in [7, 11) is 0. The molecular formula is C12H25NO2. The minimum Gasteiger partial charge on any atom is -0.380 e. The van der Waals surface area contributed by atoms with Gasteiger partial charge in [0.1, 0.15) is 0 Å². The van der Waals surface area contributed by atoms with Crippen molar-refractivity contribution in [3.05, 3.63) is 0 Å². The molecule has 1 saturated heterocycles. The molecule has 15 heavy (non-hydrogen) atoms. The molecule has 90 valence electrons. The van der Waals surface area contributed by atoms with Crippen molar-refractivity contribution in [2.75, 3.05) is 19.8 Å². The SMILES string of the molecule is CC(C)COCC(C)NC1CCOC1C. The van der Waals surface area contributed by atoms with Gasteiger partial charge in [-0.2, -0.15) is 0 Å². The Labute approximate surface area is 93.5 Å². The zero-order valence-corrected chi connectivity index (χ0v) is 10.5. The van der Waals surface area contributed by atoms with E-state index in [9.17, 15) is 0 Å². The van der Waals surface area contributed by atoms with E-state index < -0.39 is 0 Å². The summed E-state index contributed by atoms with van der Waals surface area (Å²) in [6, 6.07) is 0.917. The summed E-state index contributed by atoms with van der Waals surface area (Å²) in [6.07, 6.45) is 1.47. The van der Waals surface area contributed by atoms with E-state index in [1.807, 2.05) is 0 Å². The van der Waals surface area contributed by atoms with Crippen molar-refractivity contribution in [3.63, 3.8) is 0 Å². The van der Waals surface area contributed by atoms with E-state index in [1.54, 1.807) is 0 Å². The molecule has 3 atom stereocenters. The van der Waals surface area contributed by atoms with Crippen molar-refractivity contribution >= 4 is 0 Å². The lowest BCUT2D eigenvalue weighted by atomic mass is 10.1. The van der Waals surface area contributed by atoms with Gasteiger partial charge in [-0.1, -0.05) is 13.8 Å². The fourth-order valence-corrected chi connectivity index (χ4v) is 1.84. The Kier molecular flexibility index (Phi) is 5.58. The van der Waals surface area contributed by atoms with E-state index in [4.69, 9.17) is 9.47 Å². The molecule has 1 fully saturated rings. The van der Waals surface area contributed by atoms with Crippen LogP contribution in [0.3, 0.4) is 0 Å².